The van der Waals surface area contributed by atoms with E-state index < -0.39 is 0 Å². The maximum Gasteiger partial charge on any atom is 0.211 e. The zero-order chi connectivity index (χ0) is 21.2. The Balaban J connectivity index is 1.58. The molecule has 2 aromatic heterocycles. The van der Waals surface area contributed by atoms with Gasteiger partial charge in [0.05, 0.1) is 33.4 Å². The van der Waals surface area contributed by atoms with Gasteiger partial charge in [0.2, 0.25) is 4.80 Å². The smallest absolute Gasteiger partial charge is 0.211 e. The van der Waals surface area contributed by atoms with Gasteiger partial charge in [-0.25, -0.2) is 4.68 Å². The summed E-state index contributed by atoms with van der Waals surface area (Å²) < 4.78 is 5.35. The van der Waals surface area contributed by atoms with E-state index in [2.05, 4.69) is 66.8 Å². The van der Waals surface area contributed by atoms with E-state index >= 15 is 0 Å². The van der Waals surface area contributed by atoms with Gasteiger partial charge < -0.3 is 9.47 Å². The van der Waals surface area contributed by atoms with Crippen LogP contribution in [0.2, 0.25) is 0 Å². The van der Waals surface area contributed by atoms with Crippen LogP contribution in [0.25, 0.3) is 15.9 Å². The van der Waals surface area contributed by atoms with Gasteiger partial charge in [-0.2, -0.15) is 10.2 Å². The SMILES string of the molecule is Cc1nn(-c2ccccc2)c(N2CCCCC2)c1/C=N\N=c1/sc2ccccc2n1C. The molecule has 1 aliphatic heterocycles. The van der Waals surface area contributed by atoms with Crippen LogP contribution in [0, 0.1) is 6.92 Å². The fourth-order valence-corrected chi connectivity index (χ4v) is 5.13. The van der Waals surface area contributed by atoms with Gasteiger partial charge in [0.25, 0.3) is 0 Å². The molecule has 0 spiro atoms. The van der Waals surface area contributed by atoms with E-state index in [0.29, 0.717) is 0 Å². The average Bonchev–Trinajstić information content (AvgIpc) is 3.32. The average molecular weight is 431 g/mol. The lowest BCUT2D eigenvalue weighted by Gasteiger charge is -2.29. The summed E-state index contributed by atoms with van der Waals surface area (Å²) >= 11 is 1.65. The third kappa shape index (κ3) is 3.81. The molecule has 2 aromatic carbocycles. The first-order valence-electron chi connectivity index (χ1n) is 10.7. The second-order valence-corrected chi connectivity index (χ2v) is 8.88. The number of aryl methyl sites for hydroxylation is 2. The van der Waals surface area contributed by atoms with Crippen molar-refractivity contribution < 1.29 is 0 Å². The largest absolute Gasteiger partial charge is 0.356 e. The molecule has 0 radical (unpaired) electrons. The van der Waals surface area contributed by atoms with E-state index in [9.17, 15) is 0 Å². The maximum absolute atomic E-state index is 4.87. The highest BCUT2D eigenvalue weighted by Gasteiger charge is 2.22. The number of thiazole rings is 1. The molecular weight excluding hydrogens is 404 g/mol. The van der Waals surface area contributed by atoms with Crippen LogP contribution in [-0.2, 0) is 7.05 Å². The van der Waals surface area contributed by atoms with Crippen molar-refractivity contribution in [3.05, 3.63) is 70.7 Å². The standard InChI is InChI=1S/C24H26N6S/c1-18-20(17-25-26-24-28(2)21-13-7-8-14-22(21)31-24)23(29-15-9-4-10-16-29)30(27-18)19-11-5-3-6-12-19/h3,5-8,11-14,17H,4,9-10,15-16H2,1-2H3/b25-17-,26-24-. The molecule has 1 saturated heterocycles. The lowest BCUT2D eigenvalue weighted by molar-refractivity contribution is 0.567. The van der Waals surface area contributed by atoms with Crippen LogP contribution in [0.1, 0.15) is 30.5 Å². The Bertz CT molecular complexity index is 1290. The fourth-order valence-electron chi connectivity index (χ4n) is 4.15. The zero-order valence-corrected chi connectivity index (χ0v) is 18.7. The number of anilines is 1. The summed E-state index contributed by atoms with van der Waals surface area (Å²) in [6, 6.07) is 18.7. The number of hydrogen-bond acceptors (Lipinski definition) is 5. The number of fused-ring (bicyclic) bond motifs is 1. The Morgan fingerprint density at radius 1 is 0.968 bits per heavy atom. The Hall–Kier alpha value is -3.19. The lowest BCUT2D eigenvalue weighted by atomic mass is 10.1. The van der Waals surface area contributed by atoms with E-state index in [4.69, 9.17) is 5.10 Å². The molecule has 3 heterocycles. The molecule has 0 N–H and O–H groups in total. The minimum Gasteiger partial charge on any atom is -0.356 e. The number of hydrogen-bond donors (Lipinski definition) is 0. The summed E-state index contributed by atoms with van der Waals surface area (Å²) in [4.78, 5) is 3.32. The van der Waals surface area contributed by atoms with Crippen LogP contribution in [0.5, 0.6) is 0 Å². The molecule has 1 aliphatic rings. The molecule has 0 aliphatic carbocycles. The topological polar surface area (TPSA) is 50.7 Å². The molecule has 0 bridgehead atoms. The monoisotopic (exact) mass is 430 g/mol. The summed E-state index contributed by atoms with van der Waals surface area (Å²) in [5, 5.41) is 13.9. The first-order chi connectivity index (χ1) is 15.2. The molecule has 7 heteroatoms. The Kier molecular flexibility index (Phi) is 5.42. The predicted molar refractivity (Wildman–Crippen MR) is 128 cm³/mol. The molecule has 1 fully saturated rings. The molecule has 0 amide bonds. The van der Waals surface area contributed by atoms with Gasteiger partial charge in [0.1, 0.15) is 5.82 Å². The molecule has 158 valence electrons. The van der Waals surface area contributed by atoms with Crippen LogP contribution in [0.15, 0.2) is 64.8 Å². The number of aromatic nitrogens is 3. The van der Waals surface area contributed by atoms with Gasteiger partial charge in [-0.15, -0.1) is 5.10 Å². The van der Waals surface area contributed by atoms with Crippen molar-refractivity contribution in [3.63, 3.8) is 0 Å². The van der Waals surface area contributed by atoms with Gasteiger partial charge in [-0.3, -0.25) is 0 Å². The number of benzene rings is 2. The highest BCUT2D eigenvalue weighted by molar-refractivity contribution is 7.16. The molecule has 4 aromatic rings. The van der Waals surface area contributed by atoms with Crippen molar-refractivity contribution in [2.45, 2.75) is 26.2 Å². The normalized spacial score (nSPS) is 15.4. The van der Waals surface area contributed by atoms with Gasteiger partial charge in [0, 0.05) is 20.1 Å². The summed E-state index contributed by atoms with van der Waals surface area (Å²) in [5.41, 5.74) is 4.24. The van der Waals surface area contributed by atoms with Crippen molar-refractivity contribution in [2.75, 3.05) is 18.0 Å². The molecule has 0 unspecified atom stereocenters. The molecule has 31 heavy (non-hydrogen) atoms. The second kappa shape index (κ2) is 8.51. The first-order valence-corrected chi connectivity index (χ1v) is 11.6. The molecule has 6 nitrogen and oxygen atoms in total. The van der Waals surface area contributed by atoms with Crippen LogP contribution in [0.3, 0.4) is 0 Å². The van der Waals surface area contributed by atoms with Gasteiger partial charge in [-0.1, -0.05) is 41.7 Å². The summed E-state index contributed by atoms with van der Waals surface area (Å²) in [7, 11) is 2.03. The third-order valence-corrected chi connectivity index (χ3v) is 6.89. The Labute approximate surface area is 185 Å². The van der Waals surface area contributed by atoms with Crippen molar-refractivity contribution in [3.8, 4) is 5.69 Å². The van der Waals surface area contributed by atoms with Crippen molar-refractivity contribution in [2.24, 2.45) is 17.3 Å². The summed E-state index contributed by atoms with van der Waals surface area (Å²) in [6.07, 6.45) is 5.57. The second-order valence-electron chi connectivity index (χ2n) is 7.87. The third-order valence-electron chi connectivity index (χ3n) is 5.78. The van der Waals surface area contributed by atoms with Gasteiger partial charge >= 0.3 is 0 Å². The van der Waals surface area contributed by atoms with Crippen molar-refractivity contribution in [1.82, 2.24) is 14.3 Å². The van der Waals surface area contributed by atoms with Crippen LogP contribution in [-0.4, -0.2) is 33.7 Å². The fraction of sp³-hybridized carbons (Fsp3) is 0.292. The van der Waals surface area contributed by atoms with Crippen LogP contribution in [0.4, 0.5) is 5.82 Å². The molecule has 0 saturated carbocycles. The zero-order valence-electron chi connectivity index (χ0n) is 17.9. The number of nitrogens with zero attached hydrogens (tertiary/aromatic N) is 6. The van der Waals surface area contributed by atoms with E-state index in [1.807, 2.05) is 32.3 Å². The molecule has 0 atom stereocenters. The molecular formula is C24H26N6S. The summed E-state index contributed by atoms with van der Waals surface area (Å²) in [5.74, 6) is 1.11. The minimum absolute atomic E-state index is 0.880. The van der Waals surface area contributed by atoms with Gasteiger partial charge in [0.15, 0.2) is 0 Å². The first kappa shape index (κ1) is 19.8. The Morgan fingerprint density at radius 3 is 2.48 bits per heavy atom. The predicted octanol–water partition coefficient (Wildman–Crippen LogP) is 4.66. The number of para-hydroxylation sites is 2. The maximum atomic E-state index is 4.87. The quantitative estimate of drug-likeness (QED) is 0.349. The number of piperidine rings is 1. The minimum atomic E-state index is 0.880. The highest BCUT2D eigenvalue weighted by atomic mass is 32.1. The Morgan fingerprint density at radius 2 is 1.71 bits per heavy atom. The van der Waals surface area contributed by atoms with E-state index in [1.165, 1.54) is 29.5 Å². The van der Waals surface area contributed by atoms with Crippen molar-refractivity contribution >= 4 is 33.6 Å². The lowest BCUT2D eigenvalue weighted by Crippen LogP contribution is -2.32. The van der Waals surface area contributed by atoms with E-state index in [1.54, 1.807) is 11.3 Å². The number of rotatable bonds is 4. The van der Waals surface area contributed by atoms with E-state index in [-0.39, 0.29) is 0 Å². The van der Waals surface area contributed by atoms with Gasteiger partial charge in [-0.05, 0) is 50.5 Å². The molecule has 5 rings (SSSR count). The van der Waals surface area contributed by atoms with Crippen LogP contribution >= 0.6 is 11.3 Å². The van der Waals surface area contributed by atoms with E-state index in [0.717, 1.165) is 40.7 Å². The summed E-state index contributed by atoms with van der Waals surface area (Å²) in [6.45, 7) is 4.14. The van der Waals surface area contributed by atoms with Crippen LogP contribution < -0.4 is 9.70 Å². The highest BCUT2D eigenvalue weighted by Crippen LogP contribution is 2.28. The van der Waals surface area contributed by atoms with Crippen molar-refractivity contribution in [1.29, 1.82) is 0 Å².